The number of hydrogen-bond donors (Lipinski definition) is 2. The molecule has 3 aromatic rings. The zero-order valence-corrected chi connectivity index (χ0v) is 18.4. The van der Waals surface area contributed by atoms with E-state index in [1.54, 1.807) is 25.1 Å². The van der Waals surface area contributed by atoms with Crippen molar-refractivity contribution in [1.29, 1.82) is 0 Å². The maximum Gasteiger partial charge on any atom is 0.249 e. The van der Waals surface area contributed by atoms with Crippen LogP contribution in [0.1, 0.15) is 24.5 Å². The van der Waals surface area contributed by atoms with Gasteiger partial charge in [0, 0.05) is 16.6 Å². The third-order valence-electron chi connectivity index (χ3n) is 5.65. The first-order valence-corrected chi connectivity index (χ1v) is 10.1. The largest absolute Gasteiger partial charge is 0.343 e. The molecule has 2 atom stereocenters. The van der Waals surface area contributed by atoms with E-state index in [1.807, 2.05) is 48.5 Å². The summed E-state index contributed by atoms with van der Waals surface area (Å²) in [5.41, 5.74) is 3.68. The van der Waals surface area contributed by atoms with E-state index in [0.717, 1.165) is 27.7 Å². The van der Waals surface area contributed by atoms with Gasteiger partial charge in [0.15, 0.2) is 0 Å². The lowest BCUT2D eigenvalue weighted by Crippen LogP contribution is -2.52. The van der Waals surface area contributed by atoms with Crippen molar-refractivity contribution >= 4 is 40.8 Å². The first-order chi connectivity index (χ1) is 14.6. The monoisotopic (exact) mass is 439 g/mol. The van der Waals surface area contributed by atoms with E-state index in [0.29, 0.717) is 19.4 Å². The molecule has 162 valence electrons. The molecule has 1 aliphatic heterocycles. The number of anilines is 1. The van der Waals surface area contributed by atoms with Gasteiger partial charge < -0.3 is 15.5 Å². The van der Waals surface area contributed by atoms with Crippen LogP contribution in [-0.4, -0.2) is 41.1 Å². The van der Waals surface area contributed by atoms with E-state index in [2.05, 4.69) is 20.8 Å². The number of likely N-dealkylation sites (N-methyl/N-ethyl adjacent to an activating group) is 1. The van der Waals surface area contributed by atoms with Gasteiger partial charge in [-0.2, -0.15) is 10.2 Å². The van der Waals surface area contributed by atoms with Crippen molar-refractivity contribution in [3.63, 3.8) is 0 Å². The van der Waals surface area contributed by atoms with Crippen LogP contribution >= 0.6 is 12.4 Å². The third kappa shape index (κ3) is 4.68. The highest BCUT2D eigenvalue weighted by Gasteiger charge is 2.32. The van der Waals surface area contributed by atoms with Crippen molar-refractivity contribution in [2.45, 2.75) is 38.4 Å². The molecule has 2 amide bonds. The summed E-state index contributed by atoms with van der Waals surface area (Å²) < 4.78 is 0. The number of nitrogens with one attached hydrogen (secondary N) is 2. The zero-order valence-electron chi connectivity index (χ0n) is 17.5. The average molecular weight is 440 g/mol. The first kappa shape index (κ1) is 22.7. The van der Waals surface area contributed by atoms with Gasteiger partial charge in [-0.25, -0.2) is 0 Å². The van der Waals surface area contributed by atoms with Crippen molar-refractivity contribution in [2.75, 3.05) is 11.9 Å². The Morgan fingerprint density at radius 1 is 1.19 bits per heavy atom. The predicted molar refractivity (Wildman–Crippen MR) is 123 cm³/mol. The summed E-state index contributed by atoms with van der Waals surface area (Å²) in [5, 5.41) is 15.1. The summed E-state index contributed by atoms with van der Waals surface area (Å²) in [6.07, 6.45) is 2.98. The Morgan fingerprint density at radius 3 is 2.74 bits per heavy atom. The van der Waals surface area contributed by atoms with Crippen LogP contribution in [0.25, 0.3) is 10.9 Å². The number of benzene rings is 2. The quantitative estimate of drug-likeness (QED) is 0.638. The van der Waals surface area contributed by atoms with E-state index in [4.69, 9.17) is 0 Å². The standard InChI is InChI=1S/C23H25N5O2.ClH/c1-15(24-2)22(29)26-20-12-11-16-7-3-6-10-21(16)28(23(20)30)14-17-13-25-27-19-9-5-4-8-18(17)19;/h3-10,13,15,20,24H,11-12,14H2,1-2H3,(H,26,29);1H/t15-,20-;/m0./s1. The van der Waals surface area contributed by atoms with Gasteiger partial charge in [0.25, 0.3) is 0 Å². The van der Waals surface area contributed by atoms with Gasteiger partial charge in [0.05, 0.1) is 24.3 Å². The van der Waals surface area contributed by atoms with Crippen LogP contribution in [-0.2, 0) is 22.6 Å². The normalized spacial score (nSPS) is 16.8. The molecule has 0 bridgehead atoms. The highest BCUT2D eigenvalue weighted by atomic mass is 35.5. The van der Waals surface area contributed by atoms with Crippen molar-refractivity contribution in [3.8, 4) is 0 Å². The molecule has 0 radical (unpaired) electrons. The Kier molecular flexibility index (Phi) is 7.20. The number of hydrogen-bond acceptors (Lipinski definition) is 5. The van der Waals surface area contributed by atoms with E-state index in [1.165, 1.54) is 0 Å². The number of fused-ring (bicyclic) bond motifs is 2. The zero-order chi connectivity index (χ0) is 21.1. The lowest BCUT2D eigenvalue weighted by Gasteiger charge is -2.27. The summed E-state index contributed by atoms with van der Waals surface area (Å²) in [7, 11) is 1.73. The maximum atomic E-state index is 13.5. The Morgan fingerprint density at radius 2 is 1.94 bits per heavy atom. The highest BCUT2D eigenvalue weighted by molar-refractivity contribution is 6.01. The molecular formula is C23H26ClN5O2. The van der Waals surface area contributed by atoms with Gasteiger partial charge in [-0.05, 0) is 44.5 Å². The van der Waals surface area contributed by atoms with Crippen LogP contribution < -0.4 is 15.5 Å². The van der Waals surface area contributed by atoms with Gasteiger partial charge in [-0.1, -0.05) is 36.4 Å². The average Bonchev–Trinajstić information content (AvgIpc) is 2.91. The van der Waals surface area contributed by atoms with Crippen LogP contribution in [0.5, 0.6) is 0 Å². The Labute approximate surface area is 187 Å². The molecule has 4 rings (SSSR count). The Balaban J connectivity index is 0.00000272. The molecule has 0 fully saturated rings. The Bertz CT molecular complexity index is 1090. The molecule has 0 spiro atoms. The molecule has 2 N–H and O–H groups in total. The van der Waals surface area contributed by atoms with Crippen LogP contribution in [0.4, 0.5) is 5.69 Å². The number of halogens is 1. The molecule has 0 saturated heterocycles. The third-order valence-corrected chi connectivity index (χ3v) is 5.65. The number of carbonyl (C=O) groups is 2. The lowest BCUT2D eigenvalue weighted by molar-refractivity contribution is -0.128. The molecular weight excluding hydrogens is 414 g/mol. The molecule has 1 aliphatic rings. The van der Waals surface area contributed by atoms with Gasteiger partial charge in [-0.15, -0.1) is 12.4 Å². The fraction of sp³-hybridized carbons (Fsp3) is 0.304. The predicted octanol–water partition coefficient (Wildman–Crippen LogP) is 2.62. The summed E-state index contributed by atoms with van der Waals surface area (Å²) in [5.74, 6) is -0.296. The van der Waals surface area contributed by atoms with Crippen molar-refractivity contribution < 1.29 is 9.59 Å². The second-order valence-electron chi connectivity index (χ2n) is 7.55. The minimum absolute atomic E-state index is 0. The second-order valence-corrected chi connectivity index (χ2v) is 7.55. The highest BCUT2D eigenvalue weighted by Crippen LogP contribution is 2.29. The summed E-state index contributed by atoms with van der Waals surface area (Å²) in [4.78, 5) is 27.8. The first-order valence-electron chi connectivity index (χ1n) is 10.1. The van der Waals surface area contributed by atoms with Crippen molar-refractivity contribution in [2.24, 2.45) is 0 Å². The Hall–Kier alpha value is -3.03. The molecule has 0 saturated carbocycles. The molecule has 2 heterocycles. The fourth-order valence-corrected chi connectivity index (χ4v) is 3.80. The summed E-state index contributed by atoms with van der Waals surface area (Å²) in [6.45, 7) is 2.14. The molecule has 0 aliphatic carbocycles. The van der Waals surface area contributed by atoms with Crippen molar-refractivity contribution in [3.05, 3.63) is 65.9 Å². The van der Waals surface area contributed by atoms with E-state index < -0.39 is 6.04 Å². The number of nitrogens with zero attached hydrogens (tertiary/aromatic N) is 3. The fourth-order valence-electron chi connectivity index (χ4n) is 3.80. The minimum atomic E-state index is -0.582. The number of amides is 2. The molecule has 2 aromatic carbocycles. The number of rotatable bonds is 5. The van der Waals surface area contributed by atoms with Crippen LogP contribution in [0.2, 0.25) is 0 Å². The minimum Gasteiger partial charge on any atom is -0.343 e. The van der Waals surface area contributed by atoms with E-state index >= 15 is 0 Å². The maximum absolute atomic E-state index is 13.5. The number of carbonyl (C=O) groups excluding carboxylic acids is 2. The number of aromatic nitrogens is 2. The number of para-hydroxylation sites is 1. The summed E-state index contributed by atoms with van der Waals surface area (Å²) in [6, 6.07) is 14.7. The molecule has 8 heteroatoms. The SMILES string of the molecule is CN[C@@H](C)C(=O)N[C@H]1CCc2ccccc2N(Cc2cnnc3ccccc23)C1=O.Cl. The smallest absolute Gasteiger partial charge is 0.249 e. The van der Waals surface area contributed by atoms with Crippen LogP contribution in [0.3, 0.4) is 0 Å². The molecule has 7 nitrogen and oxygen atoms in total. The summed E-state index contributed by atoms with van der Waals surface area (Å²) >= 11 is 0. The van der Waals surface area contributed by atoms with E-state index in [-0.39, 0.29) is 30.3 Å². The van der Waals surface area contributed by atoms with Gasteiger partial charge in [0.1, 0.15) is 6.04 Å². The van der Waals surface area contributed by atoms with Crippen LogP contribution in [0, 0.1) is 0 Å². The lowest BCUT2D eigenvalue weighted by atomic mass is 10.1. The molecule has 1 aromatic heterocycles. The molecule has 0 unspecified atom stereocenters. The van der Waals surface area contributed by atoms with E-state index in [9.17, 15) is 9.59 Å². The van der Waals surface area contributed by atoms with Gasteiger partial charge in [-0.3, -0.25) is 9.59 Å². The number of aryl methyl sites for hydroxylation is 1. The second kappa shape index (κ2) is 9.85. The topological polar surface area (TPSA) is 87.2 Å². The van der Waals surface area contributed by atoms with Crippen molar-refractivity contribution in [1.82, 2.24) is 20.8 Å². The van der Waals surface area contributed by atoms with Gasteiger partial charge >= 0.3 is 0 Å². The molecule has 31 heavy (non-hydrogen) atoms. The van der Waals surface area contributed by atoms with Gasteiger partial charge in [0.2, 0.25) is 11.8 Å². The van der Waals surface area contributed by atoms with Crippen LogP contribution in [0.15, 0.2) is 54.7 Å².